The number of nitrogens with one attached hydrogen (secondary N) is 2. The standard InChI is InChI=1S/C45H60N4O10/c1-4-7-8-9-10-11-12-13-14-15-16-17-18-19-39(51)47-36(43(54)55)22-23-38(50)46-26-40(52)59-29-20-21-35-31(24-29)30(5-2)32-27-49-37(41(32)48-35)25-34-33(42(49)53)28-58-44(56)45(34,57)6-3/h20-21,24-25,36,57H,4-19,22-23,26-28H2,1-3H3,(H,46,50)(H,47,51)(H,54,55)/t36-,45-/m0/s1. The third-order valence-corrected chi connectivity index (χ3v) is 11.6. The van der Waals surface area contributed by atoms with Crippen LogP contribution in [-0.4, -0.2) is 62.1 Å². The topological polar surface area (TPSA) is 203 Å². The van der Waals surface area contributed by atoms with E-state index in [0.29, 0.717) is 35.1 Å². The van der Waals surface area contributed by atoms with E-state index >= 15 is 0 Å². The van der Waals surface area contributed by atoms with Crippen molar-refractivity contribution >= 4 is 40.6 Å². The monoisotopic (exact) mass is 816 g/mol. The molecule has 0 spiro atoms. The molecular formula is C45H60N4O10. The molecule has 0 unspecified atom stereocenters. The van der Waals surface area contributed by atoms with E-state index in [2.05, 4.69) is 17.6 Å². The number of carbonyl (C=O) groups excluding carboxylic acids is 4. The van der Waals surface area contributed by atoms with Crippen LogP contribution in [0, 0.1) is 0 Å². The molecule has 14 heteroatoms. The highest BCUT2D eigenvalue weighted by Gasteiger charge is 2.45. The first-order chi connectivity index (χ1) is 28.4. The fourth-order valence-corrected chi connectivity index (χ4v) is 8.14. The molecule has 0 saturated heterocycles. The average Bonchev–Trinajstić information content (AvgIpc) is 3.59. The van der Waals surface area contributed by atoms with Crippen molar-refractivity contribution in [2.24, 2.45) is 0 Å². The molecule has 59 heavy (non-hydrogen) atoms. The number of aromatic nitrogens is 2. The fraction of sp³-hybridized carbons (Fsp3) is 0.578. The molecule has 2 aliphatic rings. The highest BCUT2D eigenvalue weighted by molar-refractivity contribution is 5.91. The first kappa shape index (κ1) is 45.0. The van der Waals surface area contributed by atoms with Crippen molar-refractivity contribution in [3.8, 4) is 17.1 Å². The van der Waals surface area contributed by atoms with Crippen molar-refractivity contribution < 1.29 is 43.7 Å². The van der Waals surface area contributed by atoms with Crippen LogP contribution in [0.2, 0.25) is 0 Å². The number of carboxylic acid groups (broad SMARTS) is 1. The maximum Gasteiger partial charge on any atom is 0.343 e. The number of carboxylic acids is 1. The molecule has 2 amide bonds. The van der Waals surface area contributed by atoms with E-state index < -0.39 is 42.0 Å². The number of pyridine rings is 2. The lowest BCUT2D eigenvalue weighted by Gasteiger charge is -2.31. The first-order valence-corrected chi connectivity index (χ1v) is 21.5. The number of amides is 2. The molecule has 1 aromatic carbocycles. The molecule has 4 heterocycles. The molecule has 320 valence electrons. The number of rotatable bonds is 24. The van der Waals surface area contributed by atoms with Gasteiger partial charge in [0.25, 0.3) is 5.56 Å². The van der Waals surface area contributed by atoms with Gasteiger partial charge in [-0.15, -0.1) is 0 Å². The molecule has 3 aromatic rings. The van der Waals surface area contributed by atoms with E-state index in [-0.39, 0.29) is 67.2 Å². The van der Waals surface area contributed by atoms with Gasteiger partial charge in [0, 0.05) is 29.4 Å². The van der Waals surface area contributed by atoms with Crippen LogP contribution in [0.1, 0.15) is 152 Å². The van der Waals surface area contributed by atoms with Crippen molar-refractivity contribution in [1.82, 2.24) is 20.2 Å². The van der Waals surface area contributed by atoms with Crippen molar-refractivity contribution in [2.75, 3.05) is 6.54 Å². The number of hydrogen-bond donors (Lipinski definition) is 4. The summed E-state index contributed by atoms with van der Waals surface area (Å²) in [5.41, 5.74) is 1.52. The number of esters is 2. The Morgan fingerprint density at radius 2 is 1.54 bits per heavy atom. The summed E-state index contributed by atoms with van der Waals surface area (Å²) in [6.45, 7) is 5.38. The number of cyclic esters (lactones) is 1. The minimum absolute atomic E-state index is 0.0373. The number of ether oxygens (including phenoxy) is 2. The number of unbranched alkanes of at least 4 members (excludes halogenated alkanes) is 12. The Labute approximate surface area is 345 Å². The second kappa shape index (κ2) is 21.2. The van der Waals surface area contributed by atoms with E-state index in [1.165, 1.54) is 57.8 Å². The Hall–Kier alpha value is -5.11. The Morgan fingerprint density at radius 3 is 2.17 bits per heavy atom. The van der Waals surface area contributed by atoms with E-state index in [9.17, 15) is 39.0 Å². The van der Waals surface area contributed by atoms with Gasteiger partial charge in [-0.05, 0) is 55.5 Å². The number of aryl methyl sites for hydroxylation is 1. The van der Waals surface area contributed by atoms with Gasteiger partial charge < -0.3 is 34.9 Å². The summed E-state index contributed by atoms with van der Waals surface area (Å²) in [5.74, 6) is -3.47. The summed E-state index contributed by atoms with van der Waals surface area (Å²) in [4.78, 5) is 80.6. The molecular weight excluding hydrogens is 757 g/mol. The highest BCUT2D eigenvalue weighted by Crippen LogP contribution is 2.40. The Morgan fingerprint density at radius 1 is 0.881 bits per heavy atom. The van der Waals surface area contributed by atoms with Crippen LogP contribution in [0.25, 0.3) is 22.3 Å². The maximum absolute atomic E-state index is 13.6. The van der Waals surface area contributed by atoms with Crippen LogP contribution in [0.3, 0.4) is 0 Å². The van der Waals surface area contributed by atoms with Crippen molar-refractivity contribution in [3.63, 3.8) is 0 Å². The molecule has 0 radical (unpaired) electrons. The van der Waals surface area contributed by atoms with Gasteiger partial charge in [-0.1, -0.05) is 97.8 Å². The zero-order valence-electron chi connectivity index (χ0n) is 34.8. The molecule has 0 saturated carbocycles. The zero-order valence-corrected chi connectivity index (χ0v) is 34.8. The average molecular weight is 817 g/mol. The van der Waals surface area contributed by atoms with Crippen LogP contribution in [0.4, 0.5) is 0 Å². The fourth-order valence-electron chi connectivity index (χ4n) is 8.14. The predicted octanol–water partition coefficient (Wildman–Crippen LogP) is 6.49. The molecule has 2 atom stereocenters. The Kier molecular flexibility index (Phi) is 16.2. The number of benzene rings is 1. The predicted molar refractivity (Wildman–Crippen MR) is 222 cm³/mol. The Balaban J connectivity index is 1.07. The second-order valence-electron chi connectivity index (χ2n) is 15.8. The van der Waals surface area contributed by atoms with Crippen molar-refractivity contribution in [2.45, 2.75) is 161 Å². The van der Waals surface area contributed by atoms with Gasteiger partial charge in [-0.25, -0.2) is 19.4 Å². The van der Waals surface area contributed by atoms with E-state index in [1.807, 2.05) is 6.92 Å². The quantitative estimate of drug-likeness (QED) is 0.0342. The van der Waals surface area contributed by atoms with Crippen LogP contribution in [0.15, 0.2) is 29.1 Å². The van der Waals surface area contributed by atoms with Crippen LogP contribution in [0.5, 0.6) is 5.75 Å². The molecule has 14 nitrogen and oxygen atoms in total. The number of aliphatic carboxylic acids is 1. The lowest BCUT2D eigenvalue weighted by Crippen LogP contribution is -2.44. The highest BCUT2D eigenvalue weighted by atomic mass is 16.6. The van der Waals surface area contributed by atoms with Gasteiger partial charge in [0.15, 0.2) is 5.60 Å². The van der Waals surface area contributed by atoms with Crippen LogP contribution < -0.4 is 20.9 Å². The number of hydrogen-bond acceptors (Lipinski definition) is 10. The molecule has 2 aliphatic heterocycles. The molecule has 4 N–H and O–H groups in total. The molecule has 0 fully saturated rings. The number of fused-ring (bicyclic) bond motifs is 5. The van der Waals surface area contributed by atoms with E-state index in [0.717, 1.165) is 30.4 Å². The summed E-state index contributed by atoms with van der Waals surface area (Å²) in [6, 6.07) is 5.37. The Bertz CT molecular complexity index is 2080. The smallest absolute Gasteiger partial charge is 0.343 e. The summed E-state index contributed by atoms with van der Waals surface area (Å²) in [6.07, 6.45) is 15.9. The van der Waals surface area contributed by atoms with Gasteiger partial charge >= 0.3 is 17.9 Å². The zero-order chi connectivity index (χ0) is 42.5. The first-order valence-electron chi connectivity index (χ1n) is 21.5. The molecule has 0 aliphatic carbocycles. The van der Waals surface area contributed by atoms with Gasteiger partial charge in [0.05, 0.1) is 29.0 Å². The molecule has 0 bridgehead atoms. The van der Waals surface area contributed by atoms with Gasteiger partial charge in [0.1, 0.15) is 24.9 Å². The lowest BCUT2D eigenvalue weighted by molar-refractivity contribution is -0.172. The third kappa shape index (κ3) is 11.1. The lowest BCUT2D eigenvalue weighted by atomic mass is 9.86. The second-order valence-corrected chi connectivity index (χ2v) is 15.8. The molecule has 5 rings (SSSR count). The number of carbonyl (C=O) groups is 5. The van der Waals surface area contributed by atoms with E-state index in [4.69, 9.17) is 14.5 Å². The van der Waals surface area contributed by atoms with Gasteiger partial charge in [-0.3, -0.25) is 14.4 Å². The van der Waals surface area contributed by atoms with Gasteiger partial charge in [0.2, 0.25) is 11.8 Å². The van der Waals surface area contributed by atoms with Gasteiger partial charge in [-0.2, -0.15) is 0 Å². The summed E-state index contributed by atoms with van der Waals surface area (Å²) in [7, 11) is 0. The largest absolute Gasteiger partial charge is 0.480 e. The normalized spacial score (nSPS) is 15.8. The summed E-state index contributed by atoms with van der Waals surface area (Å²) in [5, 5.41) is 26.5. The summed E-state index contributed by atoms with van der Waals surface area (Å²) >= 11 is 0. The number of aliphatic hydroxyl groups is 1. The SMILES string of the molecule is CCCCCCCCCCCCCCCC(=O)N[C@@H](CCC(=O)NCC(=O)Oc1ccc2nc3c(c(CC)c2c1)Cn1c-3cc2c(c1=O)COC(=O)[C@]2(O)CC)C(=O)O. The molecule has 2 aromatic heterocycles. The van der Waals surface area contributed by atoms with E-state index in [1.54, 1.807) is 35.8 Å². The van der Waals surface area contributed by atoms with Crippen LogP contribution in [-0.2, 0) is 53.9 Å². The number of nitrogens with zero attached hydrogens (tertiary/aromatic N) is 2. The summed E-state index contributed by atoms with van der Waals surface area (Å²) < 4.78 is 12.3. The van der Waals surface area contributed by atoms with Crippen molar-refractivity contribution in [1.29, 1.82) is 0 Å². The minimum atomic E-state index is -1.93. The minimum Gasteiger partial charge on any atom is -0.480 e. The van der Waals surface area contributed by atoms with Crippen LogP contribution >= 0.6 is 0 Å². The maximum atomic E-state index is 13.6. The third-order valence-electron chi connectivity index (χ3n) is 11.6. The van der Waals surface area contributed by atoms with Crippen molar-refractivity contribution in [3.05, 3.63) is 56.9 Å².